The van der Waals surface area contributed by atoms with Gasteiger partial charge in [0.2, 0.25) is 5.91 Å². The highest BCUT2D eigenvalue weighted by atomic mass is 32.2. The molecule has 0 fully saturated rings. The van der Waals surface area contributed by atoms with Crippen LogP contribution in [0, 0.1) is 0 Å². The van der Waals surface area contributed by atoms with E-state index < -0.39 is 0 Å². The first kappa shape index (κ1) is 19.0. The molecule has 2 heterocycles. The zero-order valence-electron chi connectivity index (χ0n) is 15.5. The number of ether oxygens (including phenoxy) is 1. The molecule has 1 aliphatic carbocycles. The van der Waals surface area contributed by atoms with Crippen molar-refractivity contribution in [3.63, 3.8) is 0 Å². The number of para-hydroxylation sites is 1. The number of thiophene rings is 1. The van der Waals surface area contributed by atoms with Gasteiger partial charge in [-0.05, 0) is 30.9 Å². The van der Waals surface area contributed by atoms with Crippen LogP contribution in [0.3, 0.4) is 0 Å². The number of H-pyrrole nitrogens is 1. The molecule has 1 amide bonds. The standard InChI is InChI=1S/C20H21N3O3S2/c1-26-14-7-3-2-5-12(14)9-21-17(24)11-27-10-16-22-19(25)18-13-6-4-8-15(13)28-20(18)23-16/h2-3,5,7H,4,6,8-11H2,1H3,(H,21,24)(H,22,23,25). The molecular weight excluding hydrogens is 394 g/mol. The molecule has 28 heavy (non-hydrogen) atoms. The Morgan fingerprint density at radius 1 is 1.36 bits per heavy atom. The summed E-state index contributed by atoms with van der Waals surface area (Å²) in [6.45, 7) is 0.422. The lowest BCUT2D eigenvalue weighted by molar-refractivity contribution is -0.118. The van der Waals surface area contributed by atoms with E-state index in [9.17, 15) is 9.59 Å². The molecule has 0 bridgehead atoms. The third-order valence-corrected chi connectivity index (χ3v) is 6.89. The minimum Gasteiger partial charge on any atom is -0.496 e. The first-order chi connectivity index (χ1) is 13.7. The number of aromatic amines is 1. The van der Waals surface area contributed by atoms with Crippen LogP contribution >= 0.6 is 23.1 Å². The van der Waals surface area contributed by atoms with Gasteiger partial charge in [0, 0.05) is 17.0 Å². The second-order valence-corrected chi connectivity index (χ2v) is 8.70. The fraction of sp³-hybridized carbons (Fsp3) is 0.350. The summed E-state index contributed by atoms with van der Waals surface area (Å²) in [4.78, 5) is 34.2. The minimum absolute atomic E-state index is 0.0550. The van der Waals surface area contributed by atoms with Gasteiger partial charge in [0.1, 0.15) is 16.4 Å². The number of carbonyl (C=O) groups excluding carboxylic acids is 1. The minimum atomic E-state index is -0.0607. The molecule has 0 atom stereocenters. The van der Waals surface area contributed by atoms with Gasteiger partial charge in [-0.25, -0.2) is 4.98 Å². The fourth-order valence-corrected chi connectivity index (χ4v) is 5.45. The number of nitrogens with zero attached hydrogens (tertiary/aromatic N) is 1. The van der Waals surface area contributed by atoms with Crippen molar-refractivity contribution >= 4 is 39.2 Å². The normalized spacial score (nSPS) is 12.9. The van der Waals surface area contributed by atoms with Crippen molar-refractivity contribution in [2.24, 2.45) is 0 Å². The maximum absolute atomic E-state index is 12.4. The summed E-state index contributed by atoms with van der Waals surface area (Å²) in [6.07, 6.45) is 3.14. The molecule has 0 unspecified atom stereocenters. The van der Waals surface area contributed by atoms with Crippen LogP contribution in [0.5, 0.6) is 5.75 Å². The van der Waals surface area contributed by atoms with E-state index in [0.29, 0.717) is 23.9 Å². The van der Waals surface area contributed by atoms with E-state index in [2.05, 4.69) is 15.3 Å². The van der Waals surface area contributed by atoms with Crippen molar-refractivity contribution in [1.82, 2.24) is 15.3 Å². The number of benzene rings is 1. The van der Waals surface area contributed by atoms with Crippen molar-refractivity contribution < 1.29 is 9.53 Å². The van der Waals surface area contributed by atoms with E-state index in [-0.39, 0.29) is 11.5 Å². The number of aryl methyl sites for hydroxylation is 2. The molecule has 0 saturated heterocycles. The van der Waals surface area contributed by atoms with Crippen LogP contribution in [0.2, 0.25) is 0 Å². The number of thioether (sulfide) groups is 1. The number of methoxy groups -OCH3 is 1. The summed E-state index contributed by atoms with van der Waals surface area (Å²) < 4.78 is 5.29. The second-order valence-electron chi connectivity index (χ2n) is 6.63. The van der Waals surface area contributed by atoms with Gasteiger partial charge in [-0.3, -0.25) is 9.59 Å². The lowest BCUT2D eigenvalue weighted by atomic mass is 10.2. The monoisotopic (exact) mass is 415 g/mol. The highest BCUT2D eigenvalue weighted by molar-refractivity contribution is 7.99. The maximum Gasteiger partial charge on any atom is 0.259 e. The summed E-state index contributed by atoms with van der Waals surface area (Å²) in [6, 6.07) is 7.60. The number of carbonyl (C=O) groups is 1. The largest absolute Gasteiger partial charge is 0.496 e. The summed E-state index contributed by atoms with van der Waals surface area (Å²) >= 11 is 3.07. The van der Waals surface area contributed by atoms with E-state index >= 15 is 0 Å². The molecule has 1 aromatic carbocycles. The van der Waals surface area contributed by atoms with Crippen molar-refractivity contribution in [3.8, 4) is 5.75 Å². The number of hydrogen-bond acceptors (Lipinski definition) is 6. The maximum atomic E-state index is 12.4. The van der Waals surface area contributed by atoms with Crippen LogP contribution in [0.4, 0.5) is 0 Å². The third-order valence-electron chi connectivity index (χ3n) is 4.76. The number of nitrogens with one attached hydrogen (secondary N) is 2. The van der Waals surface area contributed by atoms with Crippen molar-refractivity contribution in [2.75, 3.05) is 12.9 Å². The molecule has 0 saturated carbocycles. The number of amides is 1. The van der Waals surface area contributed by atoms with Gasteiger partial charge in [0.05, 0.1) is 24.0 Å². The molecule has 0 radical (unpaired) electrons. The van der Waals surface area contributed by atoms with Gasteiger partial charge in [-0.1, -0.05) is 18.2 Å². The molecule has 0 spiro atoms. The van der Waals surface area contributed by atoms with Gasteiger partial charge in [-0.2, -0.15) is 0 Å². The molecule has 6 nitrogen and oxygen atoms in total. The first-order valence-corrected chi connectivity index (χ1v) is 11.1. The van der Waals surface area contributed by atoms with Crippen LogP contribution in [0.25, 0.3) is 10.2 Å². The molecule has 8 heteroatoms. The Bertz CT molecular complexity index is 1070. The Morgan fingerprint density at radius 2 is 2.21 bits per heavy atom. The Labute approximate surface area is 170 Å². The van der Waals surface area contributed by atoms with Gasteiger partial charge in [0.25, 0.3) is 5.56 Å². The Morgan fingerprint density at radius 3 is 3.07 bits per heavy atom. The molecule has 0 aliphatic heterocycles. The Kier molecular flexibility index (Phi) is 5.68. The SMILES string of the molecule is COc1ccccc1CNC(=O)CSCc1nc2sc3c(c2c(=O)[nH]1)CCC3. The first-order valence-electron chi connectivity index (χ1n) is 9.15. The molecule has 146 valence electrons. The summed E-state index contributed by atoms with van der Waals surface area (Å²) in [7, 11) is 1.61. The predicted molar refractivity (Wildman–Crippen MR) is 113 cm³/mol. The lowest BCUT2D eigenvalue weighted by Gasteiger charge is -2.09. The molecular formula is C20H21N3O3S2. The molecule has 3 aromatic rings. The Balaban J connectivity index is 1.32. The lowest BCUT2D eigenvalue weighted by Crippen LogP contribution is -2.25. The number of fused-ring (bicyclic) bond motifs is 3. The van der Waals surface area contributed by atoms with E-state index in [0.717, 1.165) is 40.8 Å². The van der Waals surface area contributed by atoms with E-state index in [1.807, 2.05) is 24.3 Å². The number of rotatable bonds is 7. The third kappa shape index (κ3) is 3.93. The fourth-order valence-electron chi connectivity index (χ4n) is 3.45. The number of aromatic nitrogens is 2. The van der Waals surface area contributed by atoms with Crippen LogP contribution in [-0.2, 0) is 29.9 Å². The van der Waals surface area contributed by atoms with Crippen molar-refractivity contribution in [2.45, 2.75) is 31.6 Å². The Hall–Kier alpha value is -2.32. The zero-order chi connectivity index (χ0) is 19.5. The van der Waals surface area contributed by atoms with Crippen LogP contribution in [0.15, 0.2) is 29.1 Å². The zero-order valence-corrected chi connectivity index (χ0v) is 17.2. The highest BCUT2D eigenvalue weighted by Crippen LogP contribution is 2.34. The summed E-state index contributed by atoms with van der Waals surface area (Å²) in [5, 5.41) is 3.66. The van der Waals surface area contributed by atoms with Crippen LogP contribution in [-0.4, -0.2) is 28.7 Å². The average Bonchev–Trinajstić information content (AvgIpc) is 3.27. The second kappa shape index (κ2) is 8.36. The van der Waals surface area contributed by atoms with Crippen molar-refractivity contribution in [1.29, 1.82) is 0 Å². The molecule has 2 N–H and O–H groups in total. The molecule has 1 aliphatic rings. The average molecular weight is 416 g/mol. The van der Waals surface area contributed by atoms with Gasteiger partial charge in [-0.15, -0.1) is 23.1 Å². The molecule has 4 rings (SSSR count). The quantitative estimate of drug-likeness (QED) is 0.620. The topological polar surface area (TPSA) is 84.1 Å². The smallest absolute Gasteiger partial charge is 0.259 e. The van der Waals surface area contributed by atoms with E-state index in [1.165, 1.54) is 22.2 Å². The molecule has 2 aromatic heterocycles. The van der Waals surface area contributed by atoms with E-state index in [4.69, 9.17) is 4.74 Å². The summed E-state index contributed by atoms with van der Waals surface area (Å²) in [5.74, 6) is 2.12. The van der Waals surface area contributed by atoms with Gasteiger partial charge in [0.15, 0.2) is 0 Å². The van der Waals surface area contributed by atoms with Crippen LogP contribution in [0.1, 0.15) is 28.2 Å². The van der Waals surface area contributed by atoms with Crippen molar-refractivity contribution in [3.05, 3.63) is 56.4 Å². The van der Waals surface area contributed by atoms with Gasteiger partial charge < -0.3 is 15.0 Å². The summed E-state index contributed by atoms with van der Waals surface area (Å²) in [5.41, 5.74) is 2.06. The highest BCUT2D eigenvalue weighted by Gasteiger charge is 2.21. The van der Waals surface area contributed by atoms with Crippen LogP contribution < -0.4 is 15.6 Å². The van der Waals surface area contributed by atoms with E-state index in [1.54, 1.807) is 18.4 Å². The van der Waals surface area contributed by atoms with Gasteiger partial charge >= 0.3 is 0 Å². The predicted octanol–water partition coefficient (Wildman–Crippen LogP) is 3.03. The number of hydrogen-bond donors (Lipinski definition) is 2.